The van der Waals surface area contributed by atoms with Crippen molar-refractivity contribution in [3.63, 3.8) is 0 Å². The standard InChI is InChI=1S/C14H25NO5.H2S/c1-9(2)13(14(18)19)15-11(16)7-5-6-8-12(17)20-10(3)4;/h9-10,13H,5-8H2,1-4H3,(H,15,16)(H,18,19);1H2. The Hall–Kier alpha value is -1.24. The molecule has 0 aliphatic carbocycles. The van der Waals surface area contributed by atoms with Crippen molar-refractivity contribution in [1.29, 1.82) is 0 Å². The van der Waals surface area contributed by atoms with Crippen molar-refractivity contribution in [2.45, 2.75) is 65.5 Å². The highest BCUT2D eigenvalue weighted by Gasteiger charge is 2.22. The van der Waals surface area contributed by atoms with E-state index in [2.05, 4.69) is 5.32 Å². The second-order valence-electron chi connectivity index (χ2n) is 5.37. The Morgan fingerprint density at radius 2 is 1.57 bits per heavy atom. The molecule has 6 nitrogen and oxygen atoms in total. The molecule has 1 atom stereocenters. The molecule has 1 amide bonds. The summed E-state index contributed by atoms with van der Waals surface area (Å²) in [6.45, 7) is 7.04. The van der Waals surface area contributed by atoms with Gasteiger partial charge in [-0.25, -0.2) is 4.79 Å². The van der Waals surface area contributed by atoms with Gasteiger partial charge in [-0.15, -0.1) is 0 Å². The van der Waals surface area contributed by atoms with Crippen molar-refractivity contribution >= 4 is 31.3 Å². The monoisotopic (exact) mass is 321 g/mol. The van der Waals surface area contributed by atoms with Crippen molar-refractivity contribution < 1.29 is 24.2 Å². The summed E-state index contributed by atoms with van der Waals surface area (Å²) in [4.78, 5) is 33.8. The van der Waals surface area contributed by atoms with Crippen LogP contribution in [-0.2, 0) is 19.1 Å². The largest absolute Gasteiger partial charge is 0.480 e. The highest BCUT2D eigenvalue weighted by molar-refractivity contribution is 7.59. The van der Waals surface area contributed by atoms with Crippen LogP contribution in [0.3, 0.4) is 0 Å². The van der Waals surface area contributed by atoms with Gasteiger partial charge >= 0.3 is 11.9 Å². The maximum Gasteiger partial charge on any atom is 0.326 e. The van der Waals surface area contributed by atoms with Crippen LogP contribution in [0.1, 0.15) is 53.4 Å². The fourth-order valence-electron chi connectivity index (χ4n) is 1.64. The number of carbonyl (C=O) groups is 3. The topological polar surface area (TPSA) is 92.7 Å². The van der Waals surface area contributed by atoms with E-state index in [1.807, 2.05) is 0 Å². The Balaban J connectivity index is 0. The number of hydrogen-bond acceptors (Lipinski definition) is 4. The molecule has 21 heavy (non-hydrogen) atoms. The fraction of sp³-hybridized carbons (Fsp3) is 0.786. The molecular weight excluding hydrogens is 294 g/mol. The SMILES string of the molecule is CC(C)OC(=O)CCCCC(=O)NC(C(=O)O)C(C)C.S. The second kappa shape index (κ2) is 11.4. The van der Waals surface area contributed by atoms with Crippen LogP contribution in [0.4, 0.5) is 0 Å². The van der Waals surface area contributed by atoms with Crippen LogP contribution in [0, 0.1) is 5.92 Å². The molecule has 0 radical (unpaired) electrons. The van der Waals surface area contributed by atoms with Crippen LogP contribution >= 0.6 is 13.5 Å². The third kappa shape index (κ3) is 11.1. The minimum atomic E-state index is -1.03. The van der Waals surface area contributed by atoms with Crippen LogP contribution in [0.25, 0.3) is 0 Å². The van der Waals surface area contributed by atoms with E-state index in [9.17, 15) is 14.4 Å². The van der Waals surface area contributed by atoms with E-state index >= 15 is 0 Å². The molecule has 0 aromatic rings. The van der Waals surface area contributed by atoms with Crippen LogP contribution in [0.2, 0.25) is 0 Å². The lowest BCUT2D eigenvalue weighted by Gasteiger charge is -2.17. The summed E-state index contributed by atoms with van der Waals surface area (Å²) in [5, 5.41) is 11.4. The third-order valence-corrected chi connectivity index (χ3v) is 2.65. The highest BCUT2D eigenvalue weighted by atomic mass is 32.1. The molecule has 0 saturated carbocycles. The van der Waals surface area contributed by atoms with Crippen molar-refractivity contribution in [2.75, 3.05) is 0 Å². The van der Waals surface area contributed by atoms with E-state index in [1.54, 1.807) is 27.7 Å². The summed E-state index contributed by atoms with van der Waals surface area (Å²) in [6.07, 6.45) is 1.44. The predicted molar refractivity (Wildman–Crippen MR) is 84.5 cm³/mol. The number of carbonyl (C=O) groups excluding carboxylic acids is 2. The number of carboxylic acid groups (broad SMARTS) is 1. The number of aliphatic carboxylic acids is 1. The molecule has 0 aliphatic rings. The van der Waals surface area contributed by atoms with Gasteiger partial charge in [0, 0.05) is 12.8 Å². The maximum atomic E-state index is 11.6. The first-order valence-electron chi connectivity index (χ1n) is 6.95. The number of amides is 1. The molecule has 124 valence electrons. The molecule has 7 heteroatoms. The zero-order valence-corrected chi connectivity index (χ0v) is 14.1. The minimum Gasteiger partial charge on any atom is -0.480 e. The van der Waals surface area contributed by atoms with Crippen molar-refractivity contribution in [1.82, 2.24) is 5.32 Å². The summed E-state index contributed by atoms with van der Waals surface area (Å²) in [5.74, 6) is -1.78. The number of hydrogen-bond donors (Lipinski definition) is 2. The number of nitrogens with one attached hydrogen (secondary N) is 1. The first-order valence-corrected chi connectivity index (χ1v) is 6.95. The van der Waals surface area contributed by atoms with Gasteiger partial charge in [-0.1, -0.05) is 13.8 Å². The summed E-state index contributed by atoms with van der Waals surface area (Å²) in [6, 6.07) is -0.867. The van der Waals surface area contributed by atoms with Gasteiger partial charge in [0.1, 0.15) is 6.04 Å². The first kappa shape index (κ1) is 22.0. The second-order valence-corrected chi connectivity index (χ2v) is 5.37. The summed E-state index contributed by atoms with van der Waals surface area (Å²) < 4.78 is 4.97. The van der Waals surface area contributed by atoms with Crippen molar-refractivity contribution in [2.24, 2.45) is 5.92 Å². The lowest BCUT2D eigenvalue weighted by molar-refractivity contribution is -0.147. The van der Waals surface area contributed by atoms with Gasteiger partial charge in [0.05, 0.1) is 6.10 Å². The van der Waals surface area contributed by atoms with Gasteiger partial charge < -0.3 is 15.2 Å². The smallest absolute Gasteiger partial charge is 0.326 e. The average molecular weight is 321 g/mol. The van der Waals surface area contributed by atoms with Crippen LogP contribution in [-0.4, -0.2) is 35.1 Å². The van der Waals surface area contributed by atoms with E-state index in [0.717, 1.165) is 0 Å². The number of esters is 1. The van der Waals surface area contributed by atoms with E-state index in [1.165, 1.54) is 0 Å². The Morgan fingerprint density at radius 3 is 2.00 bits per heavy atom. The van der Waals surface area contributed by atoms with Crippen LogP contribution in [0.5, 0.6) is 0 Å². The molecule has 0 fully saturated rings. The number of carboxylic acids is 1. The van der Waals surface area contributed by atoms with Crippen LogP contribution in [0.15, 0.2) is 0 Å². The molecule has 0 aliphatic heterocycles. The van der Waals surface area contributed by atoms with Gasteiger partial charge in [-0.05, 0) is 32.6 Å². The highest BCUT2D eigenvalue weighted by Crippen LogP contribution is 2.06. The normalized spacial score (nSPS) is 11.7. The first-order chi connectivity index (χ1) is 9.23. The quantitative estimate of drug-likeness (QED) is 0.499. The van der Waals surface area contributed by atoms with Gasteiger partial charge in [-0.2, -0.15) is 13.5 Å². The fourth-order valence-corrected chi connectivity index (χ4v) is 1.64. The Morgan fingerprint density at radius 1 is 1.05 bits per heavy atom. The van der Waals surface area contributed by atoms with E-state index in [0.29, 0.717) is 12.8 Å². The van der Waals surface area contributed by atoms with Gasteiger partial charge in [0.25, 0.3) is 0 Å². The zero-order chi connectivity index (χ0) is 15.7. The predicted octanol–water partition coefficient (Wildman–Crippen LogP) is 1.84. The Bertz CT molecular complexity index is 344. The van der Waals surface area contributed by atoms with E-state index in [-0.39, 0.29) is 50.2 Å². The lowest BCUT2D eigenvalue weighted by Crippen LogP contribution is -2.44. The molecule has 0 rings (SSSR count). The third-order valence-electron chi connectivity index (χ3n) is 2.65. The van der Waals surface area contributed by atoms with Gasteiger partial charge in [0.15, 0.2) is 0 Å². The van der Waals surface area contributed by atoms with Gasteiger partial charge in [0.2, 0.25) is 5.91 Å². The molecule has 0 bridgehead atoms. The molecule has 0 saturated heterocycles. The van der Waals surface area contributed by atoms with Gasteiger partial charge in [-0.3, -0.25) is 9.59 Å². The number of ether oxygens (including phenoxy) is 1. The van der Waals surface area contributed by atoms with E-state index in [4.69, 9.17) is 9.84 Å². The minimum absolute atomic E-state index is 0. The van der Waals surface area contributed by atoms with E-state index < -0.39 is 12.0 Å². The zero-order valence-electron chi connectivity index (χ0n) is 13.1. The maximum absolute atomic E-state index is 11.6. The Labute approximate surface area is 133 Å². The number of unbranched alkanes of at least 4 members (excludes halogenated alkanes) is 1. The molecule has 0 aromatic carbocycles. The molecule has 2 N–H and O–H groups in total. The molecule has 0 spiro atoms. The summed E-state index contributed by atoms with van der Waals surface area (Å²) in [7, 11) is 0. The molecule has 1 unspecified atom stereocenters. The summed E-state index contributed by atoms with van der Waals surface area (Å²) in [5.41, 5.74) is 0. The number of rotatable bonds is 9. The molecular formula is C14H27NO5S. The molecule has 0 heterocycles. The average Bonchev–Trinajstić information content (AvgIpc) is 2.30. The van der Waals surface area contributed by atoms with Crippen molar-refractivity contribution in [3.05, 3.63) is 0 Å². The lowest BCUT2D eigenvalue weighted by atomic mass is 10.0. The summed E-state index contributed by atoms with van der Waals surface area (Å²) >= 11 is 0. The Kier molecular flexibility index (Phi) is 12.0. The van der Waals surface area contributed by atoms with Crippen LogP contribution < -0.4 is 5.32 Å². The van der Waals surface area contributed by atoms with Crippen molar-refractivity contribution in [3.8, 4) is 0 Å². The molecule has 0 aromatic heterocycles.